The Morgan fingerprint density at radius 2 is 1.93 bits per heavy atom. The second-order valence-electron chi connectivity index (χ2n) is 4.95. The summed E-state index contributed by atoms with van der Waals surface area (Å²) in [6, 6.07) is 0. The highest BCUT2D eigenvalue weighted by atomic mass is 16.7. The van der Waals surface area contributed by atoms with E-state index in [4.69, 9.17) is 9.47 Å². The van der Waals surface area contributed by atoms with Gasteiger partial charge in [0.05, 0.1) is 13.2 Å². The topological polar surface area (TPSA) is 18.5 Å². The summed E-state index contributed by atoms with van der Waals surface area (Å²) in [5, 5.41) is 0. The van der Waals surface area contributed by atoms with Crippen molar-refractivity contribution in [2.45, 2.75) is 27.2 Å². The van der Waals surface area contributed by atoms with Crippen molar-refractivity contribution in [1.82, 2.24) is 0 Å². The molecule has 0 aromatic carbocycles. The Morgan fingerprint density at radius 1 is 1.29 bits per heavy atom. The van der Waals surface area contributed by atoms with Crippen LogP contribution in [0, 0.1) is 17.3 Å². The van der Waals surface area contributed by atoms with Crippen LogP contribution in [-0.2, 0) is 9.47 Å². The Hall–Kier alpha value is -0.340. The summed E-state index contributed by atoms with van der Waals surface area (Å²) in [5.41, 5.74) is 1.75. The zero-order valence-corrected chi connectivity index (χ0v) is 9.38. The summed E-state index contributed by atoms with van der Waals surface area (Å²) in [5.74, 6) is 1.24. The lowest BCUT2D eigenvalue weighted by Crippen LogP contribution is -2.48. The summed E-state index contributed by atoms with van der Waals surface area (Å²) in [4.78, 5) is 0. The summed E-state index contributed by atoms with van der Waals surface area (Å²) < 4.78 is 11.0. The first-order valence-electron chi connectivity index (χ1n) is 5.48. The molecule has 0 bridgehead atoms. The van der Waals surface area contributed by atoms with Crippen LogP contribution in [0.5, 0.6) is 0 Å². The maximum Gasteiger partial charge on any atom is 0.146 e. The number of hydrogen-bond donors (Lipinski definition) is 0. The lowest BCUT2D eigenvalue weighted by atomic mass is 9.63. The highest BCUT2D eigenvalue weighted by Gasteiger charge is 2.44. The zero-order valence-electron chi connectivity index (χ0n) is 9.38. The van der Waals surface area contributed by atoms with Crippen molar-refractivity contribution in [2.75, 3.05) is 20.0 Å². The number of ether oxygens (including phenoxy) is 2. The molecule has 14 heavy (non-hydrogen) atoms. The summed E-state index contributed by atoms with van der Waals surface area (Å²) >= 11 is 0. The number of hydrogen-bond acceptors (Lipinski definition) is 2. The van der Waals surface area contributed by atoms with Gasteiger partial charge in [-0.15, -0.1) is 0 Å². The molecule has 0 aromatic heterocycles. The molecule has 0 N–H and O–H groups in total. The molecule has 2 heteroatoms. The normalized spacial score (nSPS) is 36.9. The largest absolute Gasteiger partial charge is 0.355 e. The molecule has 1 saturated heterocycles. The molecule has 1 spiro atoms. The smallest absolute Gasteiger partial charge is 0.146 e. The van der Waals surface area contributed by atoms with Crippen molar-refractivity contribution in [2.24, 2.45) is 17.3 Å². The standard InChI is InChI=1S/C12H20O2/c1-9-4-10(2)12(11(3)5-9)6-13-8-14-7-12/h4,10-11H,5-8H2,1-3H3/t10-,11+/m0/s1. The third kappa shape index (κ3) is 1.51. The molecule has 0 saturated carbocycles. The van der Waals surface area contributed by atoms with Gasteiger partial charge in [-0.25, -0.2) is 0 Å². The fourth-order valence-electron chi connectivity index (χ4n) is 2.91. The summed E-state index contributed by atoms with van der Waals surface area (Å²) in [6.07, 6.45) is 3.58. The first-order chi connectivity index (χ1) is 6.65. The molecule has 0 radical (unpaired) electrons. The predicted octanol–water partition coefficient (Wildman–Crippen LogP) is 2.60. The van der Waals surface area contributed by atoms with E-state index in [2.05, 4.69) is 26.8 Å². The molecule has 2 aliphatic rings. The number of rotatable bonds is 0. The molecule has 1 aliphatic heterocycles. The van der Waals surface area contributed by atoms with Crippen LogP contribution in [0.2, 0.25) is 0 Å². The van der Waals surface area contributed by atoms with Crippen molar-refractivity contribution in [1.29, 1.82) is 0 Å². The third-order valence-corrected chi connectivity index (χ3v) is 3.96. The SMILES string of the molecule is CC1=C[C@H](C)C2(COCOC2)[C@H](C)C1. The Balaban J connectivity index is 2.23. The number of allylic oxidation sites excluding steroid dienone is 2. The first-order valence-corrected chi connectivity index (χ1v) is 5.48. The first kappa shape index (κ1) is 10.2. The fourth-order valence-corrected chi connectivity index (χ4v) is 2.91. The minimum absolute atomic E-state index is 0.234. The van der Waals surface area contributed by atoms with Crippen molar-refractivity contribution in [3.05, 3.63) is 11.6 Å². The van der Waals surface area contributed by atoms with Crippen molar-refractivity contribution >= 4 is 0 Å². The molecular weight excluding hydrogens is 176 g/mol. The molecule has 2 atom stereocenters. The molecule has 1 heterocycles. The van der Waals surface area contributed by atoms with Gasteiger partial charge in [-0.1, -0.05) is 25.5 Å². The molecular formula is C12H20O2. The van der Waals surface area contributed by atoms with Crippen LogP contribution in [0.15, 0.2) is 11.6 Å². The Labute approximate surface area is 86.3 Å². The van der Waals surface area contributed by atoms with Crippen LogP contribution in [0.4, 0.5) is 0 Å². The van der Waals surface area contributed by atoms with Gasteiger partial charge in [-0.05, 0) is 25.2 Å². The van der Waals surface area contributed by atoms with Crippen molar-refractivity contribution in [3.8, 4) is 0 Å². The van der Waals surface area contributed by atoms with Gasteiger partial charge in [0, 0.05) is 5.41 Å². The lowest BCUT2D eigenvalue weighted by molar-refractivity contribution is -0.193. The maximum atomic E-state index is 5.49. The molecule has 1 fully saturated rings. The molecule has 0 aromatic rings. The second-order valence-corrected chi connectivity index (χ2v) is 4.95. The highest BCUT2D eigenvalue weighted by molar-refractivity contribution is 5.13. The van der Waals surface area contributed by atoms with E-state index in [0.29, 0.717) is 18.6 Å². The van der Waals surface area contributed by atoms with Gasteiger partial charge in [0.25, 0.3) is 0 Å². The third-order valence-electron chi connectivity index (χ3n) is 3.96. The van der Waals surface area contributed by atoms with E-state index in [-0.39, 0.29) is 5.41 Å². The van der Waals surface area contributed by atoms with Gasteiger partial charge < -0.3 is 9.47 Å². The highest BCUT2D eigenvalue weighted by Crippen LogP contribution is 2.45. The van der Waals surface area contributed by atoms with E-state index < -0.39 is 0 Å². The Kier molecular flexibility index (Phi) is 2.67. The fraction of sp³-hybridized carbons (Fsp3) is 0.833. The molecule has 2 nitrogen and oxygen atoms in total. The van der Waals surface area contributed by atoms with Gasteiger partial charge in [-0.2, -0.15) is 0 Å². The van der Waals surface area contributed by atoms with Gasteiger partial charge in [-0.3, -0.25) is 0 Å². The average molecular weight is 196 g/mol. The molecule has 80 valence electrons. The van der Waals surface area contributed by atoms with Gasteiger partial charge >= 0.3 is 0 Å². The van der Waals surface area contributed by atoms with E-state index in [1.54, 1.807) is 0 Å². The lowest BCUT2D eigenvalue weighted by Gasteiger charge is -2.47. The summed E-state index contributed by atoms with van der Waals surface area (Å²) in [6.45, 7) is 9.04. The molecule has 1 aliphatic carbocycles. The van der Waals surface area contributed by atoms with Gasteiger partial charge in [0.1, 0.15) is 6.79 Å². The van der Waals surface area contributed by atoms with E-state index in [9.17, 15) is 0 Å². The van der Waals surface area contributed by atoms with Crippen molar-refractivity contribution < 1.29 is 9.47 Å². The quantitative estimate of drug-likeness (QED) is 0.554. The molecule has 2 rings (SSSR count). The van der Waals surface area contributed by atoms with E-state index >= 15 is 0 Å². The Morgan fingerprint density at radius 3 is 2.50 bits per heavy atom. The van der Waals surface area contributed by atoms with E-state index in [1.165, 1.54) is 12.0 Å². The zero-order chi connectivity index (χ0) is 10.2. The van der Waals surface area contributed by atoms with Crippen LogP contribution in [0.1, 0.15) is 27.2 Å². The minimum Gasteiger partial charge on any atom is -0.355 e. The Bertz CT molecular complexity index is 239. The second kappa shape index (κ2) is 3.67. The molecule has 0 unspecified atom stereocenters. The maximum absolute atomic E-state index is 5.49. The minimum atomic E-state index is 0.234. The van der Waals surface area contributed by atoms with E-state index in [1.807, 2.05) is 0 Å². The molecule has 0 amide bonds. The van der Waals surface area contributed by atoms with Crippen LogP contribution in [0.25, 0.3) is 0 Å². The van der Waals surface area contributed by atoms with Crippen LogP contribution in [0.3, 0.4) is 0 Å². The predicted molar refractivity (Wildman–Crippen MR) is 55.9 cm³/mol. The summed E-state index contributed by atoms with van der Waals surface area (Å²) in [7, 11) is 0. The van der Waals surface area contributed by atoms with Crippen LogP contribution in [-0.4, -0.2) is 20.0 Å². The average Bonchev–Trinajstić information content (AvgIpc) is 2.16. The van der Waals surface area contributed by atoms with Crippen LogP contribution >= 0.6 is 0 Å². The monoisotopic (exact) mass is 196 g/mol. The van der Waals surface area contributed by atoms with Crippen LogP contribution < -0.4 is 0 Å². The van der Waals surface area contributed by atoms with Gasteiger partial charge in [0.15, 0.2) is 0 Å². The van der Waals surface area contributed by atoms with E-state index in [0.717, 1.165) is 13.2 Å². The van der Waals surface area contributed by atoms with Gasteiger partial charge in [0.2, 0.25) is 0 Å². The van der Waals surface area contributed by atoms with Crippen molar-refractivity contribution in [3.63, 3.8) is 0 Å².